The van der Waals surface area contributed by atoms with Gasteiger partial charge in [0.15, 0.2) is 6.23 Å². The largest absolute Gasteiger partial charge is 0.488 e. The van der Waals surface area contributed by atoms with E-state index in [0.717, 1.165) is 10.6 Å². The molecular formula is C10H16N3O12P3. The van der Waals surface area contributed by atoms with Crippen molar-refractivity contribution in [1.29, 1.82) is 0 Å². The van der Waals surface area contributed by atoms with Crippen LogP contribution in [0.4, 0.5) is 5.82 Å². The summed E-state index contributed by atoms with van der Waals surface area (Å²) >= 11 is 0. The Kier molecular flexibility index (Phi) is 6.81. The Morgan fingerprint density at radius 2 is 1.89 bits per heavy atom. The van der Waals surface area contributed by atoms with Crippen LogP contribution in [-0.2, 0) is 27.1 Å². The molecule has 0 radical (unpaired) electrons. The molecule has 1 aromatic heterocycles. The van der Waals surface area contributed by atoms with E-state index in [2.05, 4.69) is 13.6 Å². The predicted molar refractivity (Wildman–Crippen MR) is 90.4 cm³/mol. The molecule has 0 amide bonds. The summed E-state index contributed by atoms with van der Waals surface area (Å²) in [5, 5.41) is 10.0. The molecule has 0 aromatic carbocycles. The highest BCUT2D eigenvalue weighted by Crippen LogP contribution is 2.66. The number of rotatable bonds is 7. The Bertz CT molecular complexity index is 956. The van der Waals surface area contributed by atoms with Gasteiger partial charge in [-0.3, -0.25) is 9.13 Å². The summed E-state index contributed by atoms with van der Waals surface area (Å²) in [5.74, 6) is 0.359. The normalized spacial score (nSPS) is 27.5. The summed E-state index contributed by atoms with van der Waals surface area (Å²) in [5.41, 5.74) is 4.55. The zero-order valence-corrected chi connectivity index (χ0v) is 16.3. The lowest BCUT2D eigenvalue weighted by atomic mass is 10.2. The van der Waals surface area contributed by atoms with Gasteiger partial charge in [0.05, 0.1) is 6.10 Å². The second kappa shape index (κ2) is 8.27. The van der Waals surface area contributed by atoms with Crippen molar-refractivity contribution in [3.63, 3.8) is 0 Å². The molecule has 158 valence electrons. The van der Waals surface area contributed by atoms with Crippen molar-refractivity contribution >= 4 is 29.1 Å². The Labute approximate surface area is 156 Å². The standard InChI is InChI=1S/C10H16N3O12P3/c11-8-1-3-13(10(15)12-8)9-7(14)5-6(23-9)2-4-26(16,17)24-28(21,22)25-27(18,19)20/h1-4,6-7,9,14H,5H2,(H,16,17)(H,21,22)(H2,11,12,15)(H2,18,19,20)/t6-,7-,9-/m1/s1. The quantitative estimate of drug-likeness (QED) is 0.277. The highest BCUT2D eigenvalue weighted by molar-refractivity contribution is 7.69. The number of ether oxygens (including phenoxy) is 1. The van der Waals surface area contributed by atoms with Crippen LogP contribution in [0.5, 0.6) is 0 Å². The molecule has 1 saturated heterocycles. The molecule has 2 heterocycles. The van der Waals surface area contributed by atoms with E-state index >= 15 is 0 Å². The van der Waals surface area contributed by atoms with Crippen molar-refractivity contribution in [2.45, 2.75) is 24.9 Å². The smallest absolute Gasteiger partial charge is 0.388 e. The average molecular weight is 463 g/mol. The first kappa shape index (κ1) is 23.1. The lowest BCUT2D eigenvalue weighted by molar-refractivity contribution is -0.0279. The van der Waals surface area contributed by atoms with E-state index in [0.29, 0.717) is 5.82 Å². The second-order valence-electron chi connectivity index (χ2n) is 5.44. The molecule has 2 unspecified atom stereocenters. The molecule has 5 atom stereocenters. The zero-order valence-electron chi connectivity index (χ0n) is 13.7. The van der Waals surface area contributed by atoms with E-state index < -0.39 is 47.4 Å². The number of aliphatic hydroxyl groups is 1. The van der Waals surface area contributed by atoms with Crippen molar-refractivity contribution in [1.82, 2.24) is 9.55 Å². The van der Waals surface area contributed by atoms with Gasteiger partial charge in [-0.05, 0) is 12.1 Å². The highest BCUT2D eigenvalue weighted by Gasteiger charge is 2.39. The average Bonchev–Trinajstić information content (AvgIpc) is 2.82. The van der Waals surface area contributed by atoms with E-state index in [1.807, 2.05) is 0 Å². The van der Waals surface area contributed by atoms with Crippen LogP contribution in [0.15, 0.2) is 29.0 Å². The SMILES string of the molecule is Nc1ccn([C@@H]2O[C@H](C=CP(=O)(O)OP(=O)(O)OP(=O)(O)O)C[C@H]2O)c(=O)n1. The molecule has 28 heavy (non-hydrogen) atoms. The van der Waals surface area contributed by atoms with Crippen molar-refractivity contribution < 1.29 is 51.7 Å². The molecule has 1 aromatic rings. The number of phosphoric acid groups is 2. The van der Waals surface area contributed by atoms with Gasteiger partial charge in [0, 0.05) is 18.4 Å². The van der Waals surface area contributed by atoms with E-state index in [-0.39, 0.29) is 12.2 Å². The maximum atomic E-state index is 11.8. The first-order valence-electron chi connectivity index (χ1n) is 7.18. The van der Waals surface area contributed by atoms with E-state index in [1.54, 1.807) is 0 Å². The third-order valence-electron chi connectivity index (χ3n) is 3.16. The van der Waals surface area contributed by atoms with Gasteiger partial charge >= 0.3 is 28.9 Å². The van der Waals surface area contributed by atoms with Crippen LogP contribution < -0.4 is 11.4 Å². The third-order valence-corrected chi connectivity index (χ3v) is 7.15. The van der Waals surface area contributed by atoms with Crippen molar-refractivity contribution in [2.75, 3.05) is 5.73 Å². The van der Waals surface area contributed by atoms with Gasteiger partial charge in [-0.15, -0.1) is 0 Å². The summed E-state index contributed by atoms with van der Waals surface area (Å²) in [7, 11) is -16.0. The first-order chi connectivity index (χ1) is 12.7. The molecule has 1 aliphatic rings. The monoisotopic (exact) mass is 463 g/mol. The van der Waals surface area contributed by atoms with Gasteiger partial charge < -0.3 is 35.2 Å². The summed E-state index contributed by atoms with van der Waals surface area (Å²) in [4.78, 5) is 50.8. The van der Waals surface area contributed by atoms with E-state index in [1.165, 1.54) is 12.3 Å². The fraction of sp³-hybridized carbons (Fsp3) is 0.400. The summed E-state index contributed by atoms with van der Waals surface area (Å²) in [6.45, 7) is 0. The molecular weight excluding hydrogens is 447 g/mol. The molecule has 0 saturated carbocycles. The first-order valence-corrected chi connectivity index (χ1v) is 11.9. The zero-order chi connectivity index (χ0) is 21.3. The molecule has 0 spiro atoms. The van der Waals surface area contributed by atoms with Crippen LogP contribution >= 0.6 is 23.2 Å². The molecule has 0 aliphatic carbocycles. The van der Waals surface area contributed by atoms with Gasteiger partial charge in [-0.1, -0.05) is 0 Å². The van der Waals surface area contributed by atoms with Crippen LogP contribution in [-0.4, -0.2) is 46.4 Å². The maximum Gasteiger partial charge on any atom is 0.488 e. The van der Waals surface area contributed by atoms with Crippen LogP contribution in [0.1, 0.15) is 12.6 Å². The number of hydrogen-bond donors (Lipinski definition) is 6. The number of anilines is 1. The molecule has 2 rings (SSSR count). The van der Waals surface area contributed by atoms with Crippen LogP contribution in [0.2, 0.25) is 0 Å². The van der Waals surface area contributed by atoms with Gasteiger partial charge in [0.2, 0.25) is 0 Å². The van der Waals surface area contributed by atoms with E-state index in [9.17, 15) is 28.5 Å². The van der Waals surface area contributed by atoms with Gasteiger partial charge in [0.25, 0.3) is 0 Å². The van der Waals surface area contributed by atoms with Crippen molar-refractivity contribution in [3.05, 3.63) is 34.6 Å². The maximum absolute atomic E-state index is 11.8. The summed E-state index contributed by atoms with van der Waals surface area (Å²) in [6.07, 6.45) is -1.42. The molecule has 18 heteroatoms. The van der Waals surface area contributed by atoms with Crippen molar-refractivity contribution in [2.24, 2.45) is 0 Å². The van der Waals surface area contributed by atoms with Gasteiger partial charge in [-0.2, -0.15) is 9.29 Å². The van der Waals surface area contributed by atoms with E-state index in [4.69, 9.17) is 25.2 Å². The number of aromatic nitrogens is 2. The van der Waals surface area contributed by atoms with Crippen LogP contribution in [0, 0.1) is 0 Å². The number of nitrogen functional groups attached to an aromatic ring is 1. The Morgan fingerprint density at radius 1 is 1.25 bits per heavy atom. The second-order valence-corrected chi connectivity index (χ2v) is 10.1. The molecule has 0 bridgehead atoms. The molecule has 7 N–H and O–H groups in total. The van der Waals surface area contributed by atoms with Crippen molar-refractivity contribution in [3.8, 4) is 0 Å². The number of nitrogens with two attached hydrogens (primary N) is 1. The lowest BCUT2D eigenvalue weighted by Gasteiger charge is -2.16. The number of nitrogens with zero attached hydrogens (tertiary/aromatic N) is 2. The fourth-order valence-electron chi connectivity index (χ4n) is 2.20. The minimum Gasteiger partial charge on any atom is -0.388 e. The van der Waals surface area contributed by atoms with Crippen LogP contribution in [0.3, 0.4) is 0 Å². The third kappa shape index (κ3) is 6.69. The number of aliphatic hydroxyl groups excluding tert-OH is 1. The predicted octanol–water partition coefficient (Wildman–Crippen LogP) is -0.601. The summed E-state index contributed by atoms with van der Waals surface area (Å²) < 4.78 is 47.2. The fourth-order valence-corrected chi connectivity index (χ4v) is 5.48. The molecule has 1 fully saturated rings. The lowest BCUT2D eigenvalue weighted by Crippen LogP contribution is -2.31. The van der Waals surface area contributed by atoms with Gasteiger partial charge in [0.1, 0.15) is 11.9 Å². The minimum atomic E-state index is -5.56. The van der Waals surface area contributed by atoms with Crippen LogP contribution in [0.25, 0.3) is 0 Å². The molecule has 1 aliphatic heterocycles. The van der Waals surface area contributed by atoms with Gasteiger partial charge in [-0.25, -0.2) is 18.2 Å². The Hall–Kier alpha value is -1.21. The highest BCUT2D eigenvalue weighted by atomic mass is 31.3. The Morgan fingerprint density at radius 3 is 2.46 bits per heavy atom. The topological polar surface area (TPSA) is 241 Å². The minimum absolute atomic E-state index is 0.0468. The Balaban J connectivity index is 2.08. The number of hydrogen-bond acceptors (Lipinski definition) is 10. The molecule has 15 nitrogen and oxygen atoms in total. The summed E-state index contributed by atoms with van der Waals surface area (Å²) in [6, 6.07) is 1.29.